The zero-order valence-corrected chi connectivity index (χ0v) is 25.7. The van der Waals surface area contributed by atoms with Gasteiger partial charge in [-0.2, -0.15) is 0 Å². The number of nitrogens with one attached hydrogen (secondary N) is 2. The van der Waals surface area contributed by atoms with Crippen LogP contribution in [0.2, 0.25) is 0 Å². The molecule has 1 fully saturated rings. The lowest BCUT2D eigenvalue weighted by atomic mass is 9.97. The molecule has 1 saturated carbocycles. The van der Waals surface area contributed by atoms with E-state index in [4.69, 9.17) is 0 Å². The highest BCUT2D eigenvalue weighted by Crippen LogP contribution is 2.27. The van der Waals surface area contributed by atoms with Crippen molar-refractivity contribution >= 4 is 21.8 Å². The fourth-order valence-electron chi connectivity index (χ4n) is 5.51. The molecule has 3 aromatic rings. The molecule has 0 spiro atoms. The molecule has 0 bridgehead atoms. The fraction of sp³-hybridized carbons (Fsp3) is 0.371. The molecule has 9 heteroatoms. The summed E-state index contributed by atoms with van der Waals surface area (Å²) in [5.41, 5.74) is 3.56. The molecule has 232 valence electrons. The van der Waals surface area contributed by atoms with E-state index >= 15 is 0 Å². The second-order valence-corrected chi connectivity index (χ2v) is 13.4. The van der Waals surface area contributed by atoms with Gasteiger partial charge in [0.25, 0.3) is 0 Å². The number of allylic oxidation sites excluding steroid dienone is 1. The van der Waals surface area contributed by atoms with E-state index in [1.54, 1.807) is 41.3 Å². The van der Waals surface area contributed by atoms with Crippen LogP contribution in [0.1, 0.15) is 74.1 Å². The van der Waals surface area contributed by atoms with Gasteiger partial charge in [0.15, 0.2) is 0 Å². The van der Waals surface area contributed by atoms with Gasteiger partial charge in [-0.1, -0.05) is 66.2 Å². The minimum atomic E-state index is -3.56. The number of rotatable bonds is 14. The Labute approximate surface area is 259 Å². The van der Waals surface area contributed by atoms with Gasteiger partial charge in [-0.3, -0.25) is 9.59 Å². The van der Waals surface area contributed by atoms with Crippen molar-refractivity contribution < 1.29 is 22.4 Å². The molecule has 3 aromatic carbocycles. The molecule has 0 aromatic heterocycles. The monoisotopic (exact) mass is 617 g/mol. The molecule has 2 aliphatic carbocycles. The van der Waals surface area contributed by atoms with Crippen LogP contribution >= 0.6 is 0 Å². The molecule has 2 amide bonds. The first-order valence-electron chi connectivity index (χ1n) is 15.4. The van der Waals surface area contributed by atoms with Crippen molar-refractivity contribution in [2.45, 2.75) is 81.3 Å². The normalized spacial score (nSPS) is 15.7. The van der Waals surface area contributed by atoms with E-state index in [0.29, 0.717) is 24.1 Å². The summed E-state index contributed by atoms with van der Waals surface area (Å²) in [7, 11) is -3.56. The van der Waals surface area contributed by atoms with E-state index in [1.807, 2.05) is 30.3 Å². The fourth-order valence-corrected chi connectivity index (χ4v) is 6.82. The van der Waals surface area contributed by atoms with E-state index in [9.17, 15) is 22.4 Å². The number of benzene rings is 3. The van der Waals surface area contributed by atoms with Crippen LogP contribution in [0.15, 0.2) is 95.4 Å². The Kier molecular flexibility index (Phi) is 10.6. The lowest BCUT2D eigenvalue weighted by Gasteiger charge is -2.32. The average molecular weight is 618 g/mol. The topological polar surface area (TPSA) is 95.6 Å². The zero-order chi connectivity index (χ0) is 30.9. The second kappa shape index (κ2) is 14.8. The average Bonchev–Trinajstić information content (AvgIpc) is 3.85. The number of amides is 2. The molecular formula is C35H40FN3O4S. The third-order valence-corrected chi connectivity index (χ3v) is 9.69. The molecule has 44 heavy (non-hydrogen) atoms. The maximum absolute atomic E-state index is 13.9. The number of sulfonamides is 1. The predicted molar refractivity (Wildman–Crippen MR) is 168 cm³/mol. The smallest absolute Gasteiger partial charge is 0.247 e. The highest BCUT2D eigenvalue weighted by molar-refractivity contribution is 7.89. The highest BCUT2D eigenvalue weighted by Gasteiger charge is 2.32. The number of hydrogen-bond acceptors (Lipinski definition) is 4. The lowest BCUT2D eigenvalue weighted by molar-refractivity contribution is -0.141. The van der Waals surface area contributed by atoms with Gasteiger partial charge in [-0.15, -0.1) is 0 Å². The molecular weight excluding hydrogens is 577 g/mol. The number of aryl methyl sites for hydroxylation is 1. The summed E-state index contributed by atoms with van der Waals surface area (Å²) in [5, 5.41) is 3.07. The van der Waals surface area contributed by atoms with Gasteiger partial charge in [-0.25, -0.2) is 17.5 Å². The van der Waals surface area contributed by atoms with Crippen LogP contribution < -0.4 is 10.0 Å². The standard InChI is InChI=1S/C35H40FN3O4S/c36-30-16-11-28(12-17-30)25-39(33(40)22-15-27-13-20-32(21-14-27)44(42,43)38-31-18-19-31)34(29-9-5-2-6-10-29)35(41)37-24-23-26-7-3-1-4-8-26/h2,5-7,9-14,16-17,20-21,31,34,38H,1,3-4,8,15,18-19,22-25H2,(H,37,41)/t34-/m0/s1. The van der Waals surface area contributed by atoms with E-state index < -0.39 is 16.1 Å². The lowest BCUT2D eigenvalue weighted by Crippen LogP contribution is -2.43. The third-order valence-electron chi connectivity index (χ3n) is 8.15. The number of halogens is 1. The van der Waals surface area contributed by atoms with Crippen LogP contribution in [-0.2, 0) is 32.6 Å². The zero-order valence-electron chi connectivity index (χ0n) is 24.9. The van der Waals surface area contributed by atoms with Crippen LogP contribution in [0.25, 0.3) is 0 Å². The van der Waals surface area contributed by atoms with Gasteiger partial charge in [0.2, 0.25) is 21.8 Å². The Bertz CT molecular complexity index is 1550. The predicted octanol–water partition coefficient (Wildman–Crippen LogP) is 5.98. The third kappa shape index (κ3) is 8.86. The maximum Gasteiger partial charge on any atom is 0.247 e. The van der Waals surface area contributed by atoms with Crippen LogP contribution in [0.4, 0.5) is 4.39 Å². The first-order valence-corrected chi connectivity index (χ1v) is 16.9. The van der Waals surface area contributed by atoms with Crippen molar-refractivity contribution in [3.8, 4) is 0 Å². The summed E-state index contributed by atoms with van der Waals surface area (Å²) in [5.74, 6) is -0.875. The molecule has 0 radical (unpaired) electrons. The summed E-state index contributed by atoms with van der Waals surface area (Å²) in [6.07, 6.45) is 9.73. The van der Waals surface area contributed by atoms with Crippen molar-refractivity contribution in [2.24, 2.45) is 0 Å². The van der Waals surface area contributed by atoms with E-state index in [0.717, 1.165) is 37.7 Å². The summed E-state index contributed by atoms with van der Waals surface area (Å²) in [6, 6.07) is 20.9. The molecule has 0 aliphatic heterocycles. The van der Waals surface area contributed by atoms with Gasteiger partial charge in [0, 0.05) is 25.6 Å². The molecule has 2 aliphatic rings. The van der Waals surface area contributed by atoms with Crippen molar-refractivity contribution in [1.82, 2.24) is 14.9 Å². The Morgan fingerprint density at radius 1 is 0.886 bits per heavy atom. The Morgan fingerprint density at radius 3 is 2.25 bits per heavy atom. The van der Waals surface area contributed by atoms with Gasteiger partial charge < -0.3 is 10.2 Å². The number of nitrogens with zero attached hydrogens (tertiary/aromatic N) is 1. The van der Waals surface area contributed by atoms with Gasteiger partial charge in [-0.05, 0) is 92.3 Å². The summed E-state index contributed by atoms with van der Waals surface area (Å²) in [4.78, 5) is 29.5. The molecule has 1 atom stereocenters. The Morgan fingerprint density at radius 2 is 1.59 bits per heavy atom. The molecule has 0 saturated heterocycles. The highest BCUT2D eigenvalue weighted by atomic mass is 32.2. The van der Waals surface area contributed by atoms with Crippen molar-refractivity contribution in [3.63, 3.8) is 0 Å². The largest absolute Gasteiger partial charge is 0.354 e. The van der Waals surface area contributed by atoms with Crippen LogP contribution in [0.3, 0.4) is 0 Å². The second-order valence-electron chi connectivity index (χ2n) is 11.7. The first kappa shape index (κ1) is 31.6. The van der Waals surface area contributed by atoms with Crippen LogP contribution in [-0.4, -0.2) is 37.7 Å². The molecule has 5 rings (SSSR count). The number of carbonyl (C=O) groups excluding carboxylic acids is 2. The van der Waals surface area contributed by atoms with Crippen molar-refractivity contribution in [2.75, 3.05) is 6.54 Å². The van der Waals surface area contributed by atoms with E-state index in [1.165, 1.54) is 30.5 Å². The molecule has 7 nitrogen and oxygen atoms in total. The SMILES string of the molecule is O=C(NCCC1=CCCCC1)[C@H](c1ccccc1)N(Cc1ccc(F)cc1)C(=O)CCc1ccc(S(=O)(=O)NC2CC2)cc1. The van der Waals surface area contributed by atoms with E-state index in [2.05, 4.69) is 16.1 Å². The Balaban J connectivity index is 1.33. The molecule has 2 N–H and O–H groups in total. The quantitative estimate of drug-likeness (QED) is 0.218. The summed E-state index contributed by atoms with van der Waals surface area (Å²) >= 11 is 0. The first-order chi connectivity index (χ1) is 21.3. The van der Waals surface area contributed by atoms with Crippen molar-refractivity contribution in [1.29, 1.82) is 0 Å². The maximum atomic E-state index is 13.9. The number of carbonyl (C=O) groups is 2. The van der Waals surface area contributed by atoms with Gasteiger partial charge in [0.1, 0.15) is 11.9 Å². The minimum absolute atomic E-state index is 0.0171. The van der Waals surface area contributed by atoms with Gasteiger partial charge >= 0.3 is 0 Å². The Hall–Kier alpha value is -3.82. The van der Waals surface area contributed by atoms with Crippen molar-refractivity contribution in [3.05, 3.63) is 113 Å². The van der Waals surface area contributed by atoms with E-state index in [-0.39, 0.29) is 41.5 Å². The van der Waals surface area contributed by atoms with Crippen LogP contribution in [0.5, 0.6) is 0 Å². The molecule has 0 heterocycles. The summed E-state index contributed by atoms with van der Waals surface area (Å²) < 4.78 is 41.5. The van der Waals surface area contributed by atoms with Crippen LogP contribution in [0, 0.1) is 5.82 Å². The molecule has 0 unspecified atom stereocenters. The van der Waals surface area contributed by atoms with Gasteiger partial charge in [0.05, 0.1) is 4.90 Å². The number of hydrogen-bond donors (Lipinski definition) is 2. The minimum Gasteiger partial charge on any atom is -0.354 e. The summed E-state index contributed by atoms with van der Waals surface area (Å²) in [6.45, 7) is 0.610.